The predicted molar refractivity (Wildman–Crippen MR) is 52.3 cm³/mol. The van der Waals surface area contributed by atoms with Crippen LogP contribution in [0.15, 0.2) is 0 Å². The molecule has 1 rings (SSSR count). The molecule has 1 fully saturated rings. The second kappa shape index (κ2) is 4.58. The van der Waals surface area contributed by atoms with E-state index in [1.807, 2.05) is 11.9 Å². The Kier molecular flexibility index (Phi) is 3.69. The Morgan fingerprint density at radius 1 is 1.69 bits per heavy atom. The number of likely N-dealkylation sites (N-methyl/N-ethyl adjacent to an activating group) is 1. The van der Waals surface area contributed by atoms with Crippen molar-refractivity contribution in [2.45, 2.75) is 6.42 Å². The van der Waals surface area contributed by atoms with Crippen molar-refractivity contribution in [3.63, 3.8) is 0 Å². The van der Waals surface area contributed by atoms with Gasteiger partial charge in [-0.05, 0) is 33.0 Å². The second-order valence-electron chi connectivity index (χ2n) is 4.08. The van der Waals surface area contributed by atoms with E-state index >= 15 is 0 Å². The molecular formula is C9H19N3O. The van der Waals surface area contributed by atoms with E-state index in [1.165, 1.54) is 13.0 Å². The Bertz CT molecular complexity index is 184. The van der Waals surface area contributed by atoms with Gasteiger partial charge in [0.25, 0.3) is 0 Å². The summed E-state index contributed by atoms with van der Waals surface area (Å²) in [6, 6.07) is 0. The molecule has 1 saturated heterocycles. The SMILES string of the molecule is CN1CCC(CN(C)CC(N)=O)C1. The third-order valence-electron chi connectivity index (χ3n) is 2.48. The molecule has 0 aromatic carbocycles. The molecule has 4 heteroatoms. The maximum atomic E-state index is 10.6. The van der Waals surface area contributed by atoms with Crippen molar-refractivity contribution in [3.8, 4) is 0 Å². The smallest absolute Gasteiger partial charge is 0.231 e. The van der Waals surface area contributed by atoms with Crippen LogP contribution in [0.1, 0.15) is 6.42 Å². The normalized spacial score (nSPS) is 24.1. The number of primary amides is 1. The Morgan fingerprint density at radius 3 is 2.85 bits per heavy atom. The van der Waals surface area contributed by atoms with Crippen molar-refractivity contribution in [3.05, 3.63) is 0 Å². The second-order valence-corrected chi connectivity index (χ2v) is 4.08. The molecular weight excluding hydrogens is 166 g/mol. The van der Waals surface area contributed by atoms with E-state index in [9.17, 15) is 4.79 Å². The van der Waals surface area contributed by atoms with Crippen molar-refractivity contribution in [2.24, 2.45) is 11.7 Å². The molecule has 0 aliphatic carbocycles. The first-order valence-electron chi connectivity index (χ1n) is 4.73. The van der Waals surface area contributed by atoms with Crippen LogP contribution in [0.4, 0.5) is 0 Å². The molecule has 1 amide bonds. The number of hydrogen-bond acceptors (Lipinski definition) is 3. The third-order valence-corrected chi connectivity index (χ3v) is 2.48. The number of nitrogens with zero attached hydrogens (tertiary/aromatic N) is 2. The molecule has 0 spiro atoms. The molecule has 1 heterocycles. The summed E-state index contributed by atoms with van der Waals surface area (Å²) in [5.74, 6) is 0.461. The largest absolute Gasteiger partial charge is 0.369 e. The lowest BCUT2D eigenvalue weighted by molar-refractivity contribution is -0.118. The maximum Gasteiger partial charge on any atom is 0.231 e. The molecule has 0 radical (unpaired) electrons. The van der Waals surface area contributed by atoms with E-state index < -0.39 is 0 Å². The summed E-state index contributed by atoms with van der Waals surface area (Å²) in [6.45, 7) is 3.67. The van der Waals surface area contributed by atoms with E-state index in [0.717, 1.165) is 13.1 Å². The van der Waals surface area contributed by atoms with Crippen LogP contribution in [-0.4, -0.2) is 56.0 Å². The van der Waals surface area contributed by atoms with Gasteiger partial charge >= 0.3 is 0 Å². The zero-order chi connectivity index (χ0) is 9.84. The fraction of sp³-hybridized carbons (Fsp3) is 0.889. The zero-order valence-corrected chi connectivity index (χ0v) is 8.49. The molecule has 1 atom stereocenters. The van der Waals surface area contributed by atoms with Gasteiger partial charge in [-0.2, -0.15) is 0 Å². The molecule has 4 nitrogen and oxygen atoms in total. The highest BCUT2D eigenvalue weighted by atomic mass is 16.1. The van der Waals surface area contributed by atoms with Crippen LogP contribution in [0.25, 0.3) is 0 Å². The number of nitrogens with two attached hydrogens (primary N) is 1. The molecule has 1 unspecified atom stereocenters. The standard InChI is InChI=1S/C9H19N3O/c1-11-4-3-8(5-11)6-12(2)7-9(10)13/h8H,3-7H2,1-2H3,(H2,10,13). The molecule has 0 aromatic heterocycles. The molecule has 0 aromatic rings. The summed E-state index contributed by atoms with van der Waals surface area (Å²) < 4.78 is 0. The van der Waals surface area contributed by atoms with E-state index in [1.54, 1.807) is 0 Å². The fourth-order valence-corrected chi connectivity index (χ4v) is 1.95. The zero-order valence-electron chi connectivity index (χ0n) is 8.49. The quantitative estimate of drug-likeness (QED) is 0.633. The van der Waals surface area contributed by atoms with Gasteiger partial charge in [0.05, 0.1) is 6.54 Å². The van der Waals surface area contributed by atoms with Crippen LogP contribution < -0.4 is 5.73 Å². The van der Waals surface area contributed by atoms with Gasteiger partial charge in [0.1, 0.15) is 0 Å². The summed E-state index contributed by atoms with van der Waals surface area (Å²) in [5, 5.41) is 0. The van der Waals surface area contributed by atoms with E-state index in [0.29, 0.717) is 12.5 Å². The summed E-state index contributed by atoms with van der Waals surface area (Å²) in [5.41, 5.74) is 5.10. The minimum atomic E-state index is -0.242. The van der Waals surface area contributed by atoms with Crippen LogP contribution in [0.5, 0.6) is 0 Å². The third kappa shape index (κ3) is 3.74. The van der Waals surface area contributed by atoms with Gasteiger partial charge in [0.15, 0.2) is 0 Å². The highest BCUT2D eigenvalue weighted by Crippen LogP contribution is 2.14. The van der Waals surface area contributed by atoms with E-state index in [2.05, 4.69) is 11.9 Å². The molecule has 0 bridgehead atoms. The molecule has 76 valence electrons. The Hall–Kier alpha value is -0.610. The number of carbonyl (C=O) groups is 1. The van der Waals surface area contributed by atoms with Gasteiger partial charge < -0.3 is 10.6 Å². The molecule has 0 saturated carbocycles. The van der Waals surface area contributed by atoms with Crippen LogP contribution in [0.2, 0.25) is 0 Å². The van der Waals surface area contributed by atoms with Crippen molar-refractivity contribution in [2.75, 3.05) is 40.3 Å². The molecule has 2 N–H and O–H groups in total. The van der Waals surface area contributed by atoms with Crippen molar-refractivity contribution >= 4 is 5.91 Å². The van der Waals surface area contributed by atoms with Crippen LogP contribution in [0.3, 0.4) is 0 Å². The van der Waals surface area contributed by atoms with E-state index in [4.69, 9.17) is 5.73 Å². The Balaban J connectivity index is 2.20. The van der Waals surface area contributed by atoms with Gasteiger partial charge in [-0.25, -0.2) is 0 Å². The monoisotopic (exact) mass is 185 g/mol. The van der Waals surface area contributed by atoms with Gasteiger partial charge in [-0.3, -0.25) is 9.69 Å². The van der Waals surface area contributed by atoms with Crippen LogP contribution in [-0.2, 0) is 4.79 Å². The number of amides is 1. The lowest BCUT2D eigenvalue weighted by Crippen LogP contribution is -2.34. The lowest BCUT2D eigenvalue weighted by Gasteiger charge is -2.18. The first-order valence-corrected chi connectivity index (χ1v) is 4.73. The molecule has 1 aliphatic rings. The number of rotatable bonds is 4. The Morgan fingerprint density at radius 2 is 2.38 bits per heavy atom. The minimum Gasteiger partial charge on any atom is -0.369 e. The maximum absolute atomic E-state index is 10.6. The highest BCUT2D eigenvalue weighted by Gasteiger charge is 2.20. The minimum absolute atomic E-state index is 0.242. The van der Waals surface area contributed by atoms with E-state index in [-0.39, 0.29) is 5.91 Å². The average Bonchev–Trinajstić information content (AvgIpc) is 2.33. The predicted octanol–water partition coefficient (Wildman–Crippen LogP) is -0.645. The summed E-state index contributed by atoms with van der Waals surface area (Å²) >= 11 is 0. The van der Waals surface area contributed by atoms with Gasteiger partial charge in [0.2, 0.25) is 5.91 Å². The van der Waals surface area contributed by atoms with Crippen LogP contribution >= 0.6 is 0 Å². The average molecular weight is 185 g/mol. The van der Waals surface area contributed by atoms with Crippen molar-refractivity contribution in [1.29, 1.82) is 0 Å². The lowest BCUT2D eigenvalue weighted by atomic mass is 10.1. The number of hydrogen-bond donors (Lipinski definition) is 1. The fourth-order valence-electron chi connectivity index (χ4n) is 1.95. The van der Waals surface area contributed by atoms with Gasteiger partial charge in [-0.1, -0.05) is 0 Å². The molecule has 1 aliphatic heterocycles. The summed E-state index contributed by atoms with van der Waals surface area (Å²) in [7, 11) is 4.08. The van der Waals surface area contributed by atoms with Crippen molar-refractivity contribution in [1.82, 2.24) is 9.80 Å². The highest BCUT2D eigenvalue weighted by molar-refractivity contribution is 5.75. The Labute approximate surface area is 79.7 Å². The summed E-state index contributed by atoms with van der Waals surface area (Å²) in [6.07, 6.45) is 1.24. The first kappa shape index (κ1) is 10.5. The van der Waals surface area contributed by atoms with Crippen LogP contribution in [0, 0.1) is 5.92 Å². The van der Waals surface area contributed by atoms with Gasteiger partial charge in [0, 0.05) is 13.1 Å². The van der Waals surface area contributed by atoms with Crippen molar-refractivity contribution < 1.29 is 4.79 Å². The first-order chi connectivity index (χ1) is 6.08. The number of carbonyl (C=O) groups excluding carboxylic acids is 1. The summed E-state index contributed by atoms with van der Waals surface area (Å²) in [4.78, 5) is 14.9. The number of likely N-dealkylation sites (tertiary alicyclic amines) is 1. The molecule has 13 heavy (non-hydrogen) atoms. The topological polar surface area (TPSA) is 49.6 Å². The van der Waals surface area contributed by atoms with Gasteiger partial charge in [-0.15, -0.1) is 0 Å².